The van der Waals surface area contributed by atoms with Crippen molar-refractivity contribution in [2.45, 2.75) is 12.8 Å². The quantitative estimate of drug-likeness (QED) is 0.763. The van der Waals surface area contributed by atoms with Gasteiger partial charge in [-0.05, 0) is 25.0 Å². The van der Waals surface area contributed by atoms with E-state index in [4.69, 9.17) is 0 Å². The van der Waals surface area contributed by atoms with Crippen LogP contribution in [0.1, 0.15) is 23.2 Å². The molecular weight excluding hydrogens is 261 g/mol. The maximum absolute atomic E-state index is 12.7. The summed E-state index contributed by atoms with van der Waals surface area (Å²) in [6.45, 7) is 1.08. The van der Waals surface area contributed by atoms with E-state index in [1.54, 1.807) is 23.9 Å². The van der Waals surface area contributed by atoms with E-state index >= 15 is 0 Å². The lowest BCUT2D eigenvalue weighted by molar-refractivity contribution is -0.134. The highest BCUT2D eigenvalue weighted by molar-refractivity contribution is 5.94. The molecule has 1 saturated heterocycles. The third kappa shape index (κ3) is 3.12. The van der Waals surface area contributed by atoms with Crippen LogP contribution in [0.15, 0.2) is 18.3 Å². The Morgan fingerprint density at radius 2 is 1.95 bits per heavy atom. The number of halogens is 1. The highest BCUT2D eigenvalue weighted by Crippen LogP contribution is 2.20. The normalized spacial score (nSPS) is 16.1. The summed E-state index contributed by atoms with van der Waals surface area (Å²) in [4.78, 5) is 30.8. The van der Waals surface area contributed by atoms with Crippen LogP contribution in [-0.2, 0) is 4.79 Å². The number of rotatable bonds is 2. The first-order valence-electron chi connectivity index (χ1n) is 6.61. The summed E-state index contributed by atoms with van der Waals surface area (Å²) in [6, 6.07) is 2.61. The molecule has 2 amide bonds. The Morgan fingerprint density at radius 3 is 2.45 bits per heavy atom. The van der Waals surface area contributed by atoms with E-state index < -0.39 is 5.95 Å². The van der Waals surface area contributed by atoms with Crippen LogP contribution in [-0.4, -0.2) is 53.8 Å². The van der Waals surface area contributed by atoms with Crippen LogP contribution in [0, 0.1) is 11.9 Å². The number of likely N-dealkylation sites (tertiary alicyclic amines) is 1. The van der Waals surface area contributed by atoms with E-state index in [9.17, 15) is 14.0 Å². The molecule has 2 rings (SSSR count). The zero-order valence-corrected chi connectivity index (χ0v) is 11.7. The van der Waals surface area contributed by atoms with Gasteiger partial charge in [-0.2, -0.15) is 4.39 Å². The van der Waals surface area contributed by atoms with Crippen LogP contribution >= 0.6 is 0 Å². The Hall–Kier alpha value is -1.98. The predicted octanol–water partition coefficient (Wildman–Crippen LogP) is 1.16. The van der Waals surface area contributed by atoms with Crippen LogP contribution < -0.4 is 0 Å². The summed E-state index contributed by atoms with van der Waals surface area (Å²) in [5.74, 6) is -0.661. The molecule has 0 atom stereocenters. The smallest absolute Gasteiger partial charge is 0.255 e. The largest absolute Gasteiger partial charge is 0.349 e. The Balaban J connectivity index is 1.95. The van der Waals surface area contributed by atoms with Gasteiger partial charge in [-0.25, -0.2) is 4.98 Å². The maximum atomic E-state index is 12.7. The number of carbonyl (C=O) groups is 2. The van der Waals surface area contributed by atoms with Gasteiger partial charge >= 0.3 is 0 Å². The number of hydrogen-bond donors (Lipinski definition) is 0. The number of nitrogens with zero attached hydrogens (tertiary/aromatic N) is 3. The first kappa shape index (κ1) is 14.4. The lowest BCUT2D eigenvalue weighted by Crippen LogP contribution is -2.42. The van der Waals surface area contributed by atoms with Gasteiger partial charge in [-0.1, -0.05) is 0 Å². The van der Waals surface area contributed by atoms with Gasteiger partial charge in [0.2, 0.25) is 11.9 Å². The topological polar surface area (TPSA) is 53.5 Å². The van der Waals surface area contributed by atoms with Crippen molar-refractivity contribution in [1.29, 1.82) is 0 Å². The summed E-state index contributed by atoms with van der Waals surface area (Å²) in [7, 11) is 3.48. The van der Waals surface area contributed by atoms with Crippen LogP contribution in [0.5, 0.6) is 0 Å². The SMILES string of the molecule is CN(C)C(=O)C1CCN(C(=O)c2ccc(F)nc2)CC1. The molecule has 6 heteroatoms. The minimum Gasteiger partial charge on any atom is -0.349 e. The molecule has 0 unspecified atom stereocenters. The van der Waals surface area contributed by atoms with Crippen molar-refractivity contribution in [3.8, 4) is 0 Å². The van der Waals surface area contributed by atoms with E-state index in [-0.39, 0.29) is 17.7 Å². The van der Waals surface area contributed by atoms with Crippen molar-refractivity contribution < 1.29 is 14.0 Å². The van der Waals surface area contributed by atoms with Gasteiger partial charge in [0.1, 0.15) is 0 Å². The summed E-state index contributed by atoms with van der Waals surface area (Å²) in [6.07, 6.45) is 2.57. The van der Waals surface area contributed by atoms with Gasteiger partial charge in [-0.15, -0.1) is 0 Å². The summed E-state index contributed by atoms with van der Waals surface area (Å²) < 4.78 is 12.7. The molecule has 1 aliphatic rings. The van der Waals surface area contributed by atoms with Crippen molar-refractivity contribution >= 4 is 11.8 Å². The number of piperidine rings is 1. The molecule has 1 aromatic rings. The average Bonchev–Trinajstić information content (AvgIpc) is 2.46. The molecule has 108 valence electrons. The molecule has 1 fully saturated rings. The number of aromatic nitrogens is 1. The minimum atomic E-state index is -0.600. The third-order valence-electron chi connectivity index (χ3n) is 3.55. The van der Waals surface area contributed by atoms with Gasteiger partial charge in [-0.3, -0.25) is 9.59 Å². The van der Waals surface area contributed by atoms with E-state index in [0.29, 0.717) is 31.5 Å². The molecule has 0 radical (unpaired) electrons. The third-order valence-corrected chi connectivity index (χ3v) is 3.55. The van der Waals surface area contributed by atoms with Crippen LogP contribution in [0.25, 0.3) is 0 Å². The Labute approximate surface area is 117 Å². The zero-order chi connectivity index (χ0) is 14.7. The molecule has 0 spiro atoms. The monoisotopic (exact) mass is 279 g/mol. The average molecular weight is 279 g/mol. The molecule has 0 aromatic carbocycles. The molecule has 0 aliphatic carbocycles. The summed E-state index contributed by atoms with van der Waals surface area (Å²) >= 11 is 0. The van der Waals surface area contributed by atoms with Gasteiger partial charge in [0, 0.05) is 39.3 Å². The first-order chi connectivity index (χ1) is 9.49. The number of pyridine rings is 1. The number of carbonyl (C=O) groups excluding carboxylic acids is 2. The highest BCUT2D eigenvalue weighted by atomic mass is 19.1. The molecule has 2 heterocycles. The lowest BCUT2D eigenvalue weighted by Gasteiger charge is -2.32. The second kappa shape index (κ2) is 5.98. The van der Waals surface area contributed by atoms with Gasteiger partial charge < -0.3 is 9.80 Å². The second-order valence-electron chi connectivity index (χ2n) is 5.17. The van der Waals surface area contributed by atoms with Gasteiger partial charge in [0.05, 0.1) is 5.56 Å². The van der Waals surface area contributed by atoms with Gasteiger partial charge in [0.25, 0.3) is 5.91 Å². The van der Waals surface area contributed by atoms with Crippen LogP contribution in [0.2, 0.25) is 0 Å². The van der Waals surface area contributed by atoms with Gasteiger partial charge in [0.15, 0.2) is 0 Å². The minimum absolute atomic E-state index is 0.0135. The molecule has 1 aliphatic heterocycles. The van der Waals surface area contributed by atoms with Crippen molar-refractivity contribution in [2.75, 3.05) is 27.2 Å². The van der Waals surface area contributed by atoms with E-state index in [1.807, 2.05) is 0 Å². The van der Waals surface area contributed by atoms with E-state index in [0.717, 1.165) is 0 Å². The molecule has 5 nitrogen and oxygen atoms in total. The van der Waals surface area contributed by atoms with Crippen molar-refractivity contribution in [3.63, 3.8) is 0 Å². The lowest BCUT2D eigenvalue weighted by atomic mass is 9.95. The highest BCUT2D eigenvalue weighted by Gasteiger charge is 2.28. The van der Waals surface area contributed by atoms with Crippen molar-refractivity contribution in [1.82, 2.24) is 14.8 Å². The zero-order valence-electron chi connectivity index (χ0n) is 11.7. The predicted molar refractivity (Wildman–Crippen MR) is 71.5 cm³/mol. The summed E-state index contributed by atoms with van der Waals surface area (Å²) in [5.41, 5.74) is 0.379. The first-order valence-corrected chi connectivity index (χ1v) is 6.61. The fraction of sp³-hybridized carbons (Fsp3) is 0.500. The number of hydrogen-bond acceptors (Lipinski definition) is 3. The molecule has 0 bridgehead atoms. The molecule has 1 aromatic heterocycles. The molecule has 20 heavy (non-hydrogen) atoms. The fourth-order valence-corrected chi connectivity index (χ4v) is 2.38. The second-order valence-corrected chi connectivity index (χ2v) is 5.17. The van der Waals surface area contributed by atoms with Crippen molar-refractivity contribution in [2.24, 2.45) is 5.92 Å². The van der Waals surface area contributed by atoms with Crippen LogP contribution in [0.3, 0.4) is 0 Å². The van der Waals surface area contributed by atoms with Crippen molar-refractivity contribution in [3.05, 3.63) is 29.8 Å². The summed E-state index contributed by atoms with van der Waals surface area (Å²) in [5, 5.41) is 0. The van der Waals surface area contributed by atoms with E-state index in [2.05, 4.69) is 4.98 Å². The standard InChI is InChI=1S/C14H18FN3O2/c1-17(2)13(19)10-5-7-18(8-6-10)14(20)11-3-4-12(15)16-9-11/h3-4,9-10H,5-8H2,1-2H3. The Bertz CT molecular complexity index is 494. The molecule has 0 saturated carbocycles. The van der Waals surface area contributed by atoms with Crippen LogP contribution in [0.4, 0.5) is 4.39 Å². The fourth-order valence-electron chi connectivity index (χ4n) is 2.38. The molecular formula is C14H18FN3O2. The Kier molecular flexibility index (Phi) is 4.32. The van der Waals surface area contributed by atoms with E-state index in [1.165, 1.54) is 18.3 Å². The Morgan fingerprint density at radius 1 is 1.30 bits per heavy atom. The maximum Gasteiger partial charge on any atom is 0.255 e. The number of amides is 2. The molecule has 0 N–H and O–H groups in total.